The SMILES string of the molecule is CNc1cc2oc(=O)c(COC)cc2s1. The van der Waals surface area contributed by atoms with Crippen LogP contribution in [0.15, 0.2) is 21.3 Å². The van der Waals surface area contributed by atoms with Gasteiger partial charge in [0.25, 0.3) is 0 Å². The topological polar surface area (TPSA) is 51.5 Å². The number of hydrogen-bond donors (Lipinski definition) is 1. The predicted octanol–water partition coefficient (Wildman–Crippen LogP) is 2.04. The third-order valence-corrected chi connectivity index (χ3v) is 3.12. The summed E-state index contributed by atoms with van der Waals surface area (Å²) < 4.78 is 11.0. The highest BCUT2D eigenvalue weighted by molar-refractivity contribution is 7.22. The molecule has 2 aromatic heterocycles. The average Bonchev–Trinajstić information content (AvgIpc) is 2.61. The lowest BCUT2D eigenvalue weighted by molar-refractivity contribution is 0.182. The van der Waals surface area contributed by atoms with Crippen molar-refractivity contribution in [2.75, 3.05) is 19.5 Å². The number of anilines is 1. The second-order valence-corrected chi connectivity index (χ2v) is 4.17. The number of fused-ring (bicyclic) bond motifs is 1. The van der Waals surface area contributed by atoms with Gasteiger partial charge < -0.3 is 14.5 Å². The highest BCUT2D eigenvalue weighted by atomic mass is 32.1. The normalized spacial score (nSPS) is 10.8. The Kier molecular flexibility index (Phi) is 2.75. The van der Waals surface area contributed by atoms with Gasteiger partial charge in [0, 0.05) is 20.2 Å². The van der Waals surface area contributed by atoms with Gasteiger partial charge in [0.05, 0.1) is 21.9 Å². The molecule has 1 N–H and O–H groups in total. The molecule has 0 saturated heterocycles. The molecule has 0 saturated carbocycles. The van der Waals surface area contributed by atoms with Crippen molar-refractivity contribution in [1.82, 2.24) is 0 Å². The third kappa shape index (κ3) is 1.88. The minimum Gasteiger partial charge on any atom is -0.421 e. The molecule has 0 unspecified atom stereocenters. The largest absolute Gasteiger partial charge is 0.421 e. The van der Waals surface area contributed by atoms with Crippen LogP contribution in [0.5, 0.6) is 0 Å². The quantitative estimate of drug-likeness (QED) is 0.868. The third-order valence-electron chi connectivity index (χ3n) is 2.04. The van der Waals surface area contributed by atoms with Crippen LogP contribution in [-0.2, 0) is 11.3 Å². The Hall–Kier alpha value is -1.33. The number of nitrogens with one attached hydrogen (secondary N) is 1. The van der Waals surface area contributed by atoms with Crippen LogP contribution in [0.1, 0.15) is 5.56 Å². The summed E-state index contributed by atoms with van der Waals surface area (Å²) >= 11 is 1.55. The molecule has 80 valence electrons. The van der Waals surface area contributed by atoms with E-state index >= 15 is 0 Å². The van der Waals surface area contributed by atoms with Crippen LogP contribution in [0.25, 0.3) is 10.3 Å². The van der Waals surface area contributed by atoms with Crippen LogP contribution >= 0.6 is 11.3 Å². The lowest BCUT2D eigenvalue weighted by atomic mass is 10.3. The van der Waals surface area contributed by atoms with E-state index in [0.29, 0.717) is 11.1 Å². The van der Waals surface area contributed by atoms with Crippen molar-refractivity contribution >= 4 is 26.6 Å². The zero-order chi connectivity index (χ0) is 10.8. The molecular weight excluding hydrogens is 214 g/mol. The Labute approximate surface area is 90.5 Å². The van der Waals surface area contributed by atoms with Gasteiger partial charge in [-0.15, -0.1) is 11.3 Å². The molecule has 0 atom stereocenters. The number of methoxy groups -OCH3 is 1. The second kappa shape index (κ2) is 4.04. The smallest absolute Gasteiger partial charge is 0.341 e. The van der Waals surface area contributed by atoms with Gasteiger partial charge in [0.2, 0.25) is 0 Å². The first-order valence-electron chi connectivity index (χ1n) is 4.48. The van der Waals surface area contributed by atoms with Crippen LogP contribution in [0.4, 0.5) is 5.00 Å². The van der Waals surface area contributed by atoms with E-state index in [1.807, 2.05) is 19.2 Å². The summed E-state index contributed by atoms with van der Waals surface area (Å²) in [5, 5.41) is 3.99. The van der Waals surface area contributed by atoms with E-state index in [2.05, 4.69) is 5.32 Å². The maximum atomic E-state index is 11.5. The predicted molar refractivity (Wildman–Crippen MR) is 60.6 cm³/mol. The van der Waals surface area contributed by atoms with Gasteiger partial charge in [0.1, 0.15) is 0 Å². The van der Waals surface area contributed by atoms with Crippen LogP contribution < -0.4 is 10.9 Å². The fraction of sp³-hybridized carbons (Fsp3) is 0.300. The summed E-state index contributed by atoms with van der Waals surface area (Å²) in [7, 11) is 3.38. The monoisotopic (exact) mass is 225 g/mol. The summed E-state index contributed by atoms with van der Waals surface area (Å²) in [6, 6.07) is 3.63. The standard InChI is InChI=1S/C10H11NO3S/c1-11-9-4-7-8(15-9)3-6(5-13-2)10(12)14-7/h3-4,11H,5H2,1-2H3. The first-order chi connectivity index (χ1) is 7.24. The van der Waals surface area contributed by atoms with E-state index in [1.54, 1.807) is 18.4 Å². The van der Waals surface area contributed by atoms with Crippen LogP contribution in [0.2, 0.25) is 0 Å². The molecule has 0 aliphatic carbocycles. The lowest BCUT2D eigenvalue weighted by Crippen LogP contribution is -2.06. The van der Waals surface area contributed by atoms with E-state index in [0.717, 1.165) is 9.70 Å². The Bertz CT molecular complexity index is 529. The summed E-state index contributed by atoms with van der Waals surface area (Å²) in [5.74, 6) is 0. The molecule has 0 aliphatic rings. The summed E-state index contributed by atoms with van der Waals surface area (Å²) in [5.41, 5.74) is 0.841. The second-order valence-electron chi connectivity index (χ2n) is 3.08. The van der Waals surface area contributed by atoms with Gasteiger partial charge in [0.15, 0.2) is 5.58 Å². The number of ether oxygens (including phenoxy) is 1. The van der Waals surface area contributed by atoms with Crippen LogP contribution in [0, 0.1) is 0 Å². The molecule has 2 heterocycles. The van der Waals surface area contributed by atoms with E-state index in [9.17, 15) is 4.79 Å². The molecular formula is C10H11NO3S. The van der Waals surface area contributed by atoms with Crippen molar-refractivity contribution in [2.45, 2.75) is 6.61 Å². The van der Waals surface area contributed by atoms with Crippen molar-refractivity contribution < 1.29 is 9.15 Å². The molecule has 15 heavy (non-hydrogen) atoms. The van der Waals surface area contributed by atoms with Gasteiger partial charge >= 0.3 is 5.63 Å². The van der Waals surface area contributed by atoms with Gasteiger partial charge in [-0.3, -0.25) is 0 Å². The van der Waals surface area contributed by atoms with Crippen molar-refractivity contribution in [3.8, 4) is 0 Å². The molecule has 0 amide bonds. The minimum atomic E-state index is -0.329. The fourth-order valence-electron chi connectivity index (χ4n) is 1.33. The van der Waals surface area contributed by atoms with E-state index < -0.39 is 0 Å². The molecule has 0 fully saturated rings. The van der Waals surface area contributed by atoms with Crippen LogP contribution in [-0.4, -0.2) is 14.2 Å². The van der Waals surface area contributed by atoms with Crippen molar-refractivity contribution in [2.24, 2.45) is 0 Å². The lowest BCUT2D eigenvalue weighted by Gasteiger charge is -1.96. The first-order valence-corrected chi connectivity index (χ1v) is 5.29. The van der Waals surface area contributed by atoms with Gasteiger partial charge in [-0.2, -0.15) is 0 Å². The molecule has 2 rings (SSSR count). The Morgan fingerprint density at radius 2 is 2.33 bits per heavy atom. The highest BCUT2D eigenvalue weighted by Gasteiger charge is 2.08. The Morgan fingerprint density at radius 1 is 1.53 bits per heavy atom. The Balaban J connectivity index is 2.58. The molecule has 4 nitrogen and oxygen atoms in total. The molecule has 0 aliphatic heterocycles. The van der Waals surface area contributed by atoms with E-state index in [-0.39, 0.29) is 12.2 Å². The molecule has 5 heteroatoms. The zero-order valence-corrected chi connectivity index (χ0v) is 9.31. The van der Waals surface area contributed by atoms with Crippen molar-refractivity contribution in [1.29, 1.82) is 0 Å². The minimum absolute atomic E-state index is 0.283. The first kappa shape index (κ1) is 10.2. The summed E-state index contributed by atoms with van der Waals surface area (Å²) in [6.07, 6.45) is 0. The van der Waals surface area contributed by atoms with Gasteiger partial charge in [-0.05, 0) is 6.07 Å². The number of thiophene rings is 1. The maximum absolute atomic E-state index is 11.5. The fourth-order valence-corrected chi connectivity index (χ4v) is 2.24. The van der Waals surface area contributed by atoms with Gasteiger partial charge in [-0.1, -0.05) is 0 Å². The summed E-state index contributed by atoms with van der Waals surface area (Å²) in [6.45, 7) is 0.283. The molecule has 0 bridgehead atoms. The van der Waals surface area contributed by atoms with Crippen molar-refractivity contribution in [3.05, 3.63) is 28.1 Å². The highest BCUT2D eigenvalue weighted by Crippen LogP contribution is 2.28. The van der Waals surface area contributed by atoms with Crippen LogP contribution in [0.3, 0.4) is 0 Å². The van der Waals surface area contributed by atoms with Crippen molar-refractivity contribution in [3.63, 3.8) is 0 Å². The number of hydrogen-bond acceptors (Lipinski definition) is 5. The zero-order valence-electron chi connectivity index (χ0n) is 8.49. The van der Waals surface area contributed by atoms with Gasteiger partial charge in [-0.25, -0.2) is 4.79 Å². The number of rotatable bonds is 3. The maximum Gasteiger partial charge on any atom is 0.341 e. The average molecular weight is 225 g/mol. The molecule has 0 aromatic carbocycles. The molecule has 0 radical (unpaired) electrons. The Morgan fingerprint density at radius 3 is 3.00 bits per heavy atom. The molecule has 2 aromatic rings. The summed E-state index contributed by atoms with van der Waals surface area (Å²) in [4.78, 5) is 11.5. The van der Waals surface area contributed by atoms with E-state index in [4.69, 9.17) is 9.15 Å². The molecule has 0 spiro atoms. The van der Waals surface area contributed by atoms with E-state index in [1.165, 1.54) is 0 Å².